The van der Waals surface area contributed by atoms with Gasteiger partial charge in [-0.1, -0.05) is 24.3 Å². The molecule has 1 aromatic carbocycles. The maximum absolute atomic E-state index is 12.7. The number of nitrogens with two attached hydrogens (primary N) is 1. The van der Waals surface area contributed by atoms with Crippen molar-refractivity contribution in [2.45, 2.75) is 26.6 Å². The molecule has 126 valence electrons. The van der Waals surface area contributed by atoms with Gasteiger partial charge in [-0.3, -0.25) is 14.7 Å². The van der Waals surface area contributed by atoms with E-state index in [-0.39, 0.29) is 12.1 Å². The Balaban J connectivity index is 1.66. The van der Waals surface area contributed by atoms with Crippen molar-refractivity contribution in [1.29, 1.82) is 0 Å². The van der Waals surface area contributed by atoms with Crippen molar-refractivity contribution in [3.63, 3.8) is 0 Å². The number of pyridine rings is 1. The highest BCUT2D eigenvalue weighted by Crippen LogP contribution is 2.16. The van der Waals surface area contributed by atoms with Crippen molar-refractivity contribution >= 4 is 5.91 Å². The summed E-state index contributed by atoms with van der Waals surface area (Å²) in [6.45, 7) is 6.99. The monoisotopic (exact) mass is 324 g/mol. The van der Waals surface area contributed by atoms with Crippen LogP contribution in [0, 0.1) is 13.8 Å². The highest BCUT2D eigenvalue weighted by molar-refractivity contribution is 5.95. The Hall–Kier alpha value is -2.24. The first-order valence-corrected chi connectivity index (χ1v) is 8.31. The number of aromatic nitrogens is 1. The van der Waals surface area contributed by atoms with Crippen LogP contribution in [0.2, 0.25) is 0 Å². The zero-order valence-electron chi connectivity index (χ0n) is 14.3. The predicted molar refractivity (Wildman–Crippen MR) is 94.4 cm³/mol. The number of carbonyl (C=O) groups excluding carboxylic acids is 1. The van der Waals surface area contributed by atoms with Gasteiger partial charge in [-0.2, -0.15) is 0 Å². The Morgan fingerprint density at radius 1 is 1.21 bits per heavy atom. The fourth-order valence-electron chi connectivity index (χ4n) is 3.16. The number of carbonyl (C=O) groups is 1. The summed E-state index contributed by atoms with van der Waals surface area (Å²) in [5, 5.41) is 0. The van der Waals surface area contributed by atoms with Crippen molar-refractivity contribution in [2.75, 3.05) is 19.6 Å². The second-order valence-electron chi connectivity index (χ2n) is 6.36. The third-order valence-electron chi connectivity index (χ3n) is 4.66. The smallest absolute Gasteiger partial charge is 0.257 e. The lowest BCUT2D eigenvalue weighted by Gasteiger charge is -2.39. The van der Waals surface area contributed by atoms with Gasteiger partial charge in [0, 0.05) is 38.1 Å². The minimum Gasteiger partial charge on any atom is -0.321 e. The number of benzene rings is 1. The van der Waals surface area contributed by atoms with Gasteiger partial charge in [0.05, 0.1) is 11.7 Å². The number of hydrogen-bond acceptors (Lipinski definition) is 4. The molecule has 1 aliphatic heterocycles. The van der Waals surface area contributed by atoms with Gasteiger partial charge < -0.3 is 10.6 Å². The van der Waals surface area contributed by atoms with Gasteiger partial charge in [0.25, 0.3) is 5.91 Å². The number of piperazine rings is 1. The van der Waals surface area contributed by atoms with E-state index in [1.807, 2.05) is 13.0 Å². The summed E-state index contributed by atoms with van der Waals surface area (Å²) in [5.41, 5.74) is 10.3. The summed E-state index contributed by atoms with van der Waals surface area (Å²) in [4.78, 5) is 21.0. The lowest BCUT2D eigenvalue weighted by Crippen LogP contribution is -2.58. The summed E-state index contributed by atoms with van der Waals surface area (Å²) in [6.07, 6.45) is 1.40. The molecule has 2 heterocycles. The Kier molecular flexibility index (Phi) is 4.92. The second kappa shape index (κ2) is 7.11. The number of nitrogens with zero attached hydrogens (tertiary/aromatic N) is 3. The fraction of sp³-hybridized carbons (Fsp3) is 0.368. The van der Waals surface area contributed by atoms with E-state index in [0.717, 1.165) is 18.8 Å². The average Bonchev–Trinajstić information content (AvgIpc) is 2.57. The summed E-state index contributed by atoms with van der Waals surface area (Å²) in [5.74, 6) is -0.0244. The molecule has 3 rings (SSSR count). The van der Waals surface area contributed by atoms with Crippen LogP contribution in [-0.4, -0.2) is 46.5 Å². The fourth-order valence-corrected chi connectivity index (χ4v) is 3.16. The van der Waals surface area contributed by atoms with Crippen molar-refractivity contribution < 1.29 is 4.79 Å². The van der Waals surface area contributed by atoms with Gasteiger partial charge in [0.1, 0.15) is 0 Å². The molecule has 1 fully saturated rings. The van der Waals surface area contributed by atoms with Gasteiger partial charge in [0.15, 0.2) is 0 Å². The van der Waals surface area contributed by atoms with Crippen molar-refractivity contribution in [2.24, 2.45) is 5.73 Å². The predicted octanol–water partition coefficient (Wildman–Crippen LogP) is 1.94. The number of amides is 1. The van der Waals surface area contributed by atoms with Crippen LogP contribution in [0.1, 0.15) is 27.2 Å². The number of aryl methyl sites for hydroxylation is 2. The van der Waals surface area contributed by atoms with Crippen molar-refractivity contribution in [3.8, 4) is 0 Å². The molecule has 5 nitrogen and oxygen atoms in total. The van der Waals surface area contributed by atoms with Crippen molar-refractivity contribution in [3.05, 3.63) is 65.0 Å². The SMILES string of the molecule is Cc1ccccc1CN1CCN(C(=O)c2cccnc2C)C(N)C1. The van der Waals surface area contributed by atoms with Crippen LogP contribution in [0.15, 0.2) is 42.6 Å². The molecule has 5 heteroatoms. The maximum atomic E-state index is 12.7. The van der Waals surface area contributed by atoms with E-state index in [4.69, 9.17) is 5.73 Å². The van der Waals surface area contributed by atoms with Crippen LogP contribution in [0.3, 0.4) is 0 Å². The number of rotatable bonds is 3. The quantitative estimate of drug-likeness (QED) is 0.937. The van der Waals surface area contributed by atoms with E-state index in [1.165, 1.54) is 11.1 Å². The van der Waals surface area contributed by atoms with E-state index in [0.29, 0.717) is 18.7 Å². The highest BCUT2D eigenvalue weighted by Gasteiger charge is 2.29. The van der Waals surface area contributed by atoms with E-state index >= 15 is 0 Å². The molecule has 0 saturated carbocycles. The van der Waals surface area contributed by atoms with E-state index in [2.05, 4.69) is 41.1 Å². The molecule has 1 amide bonds. The van der Waals surface area contributed by atoms with E-state index in [1.54, 1.807) is 17.2 Å². The normalized spacial score (nSPS) is 18.6. The minimum atomic E-state index is -0.296. The van der Waals surface area contributed by atoms with Gasteiger partial charge in [0.2, 0.25) is 0 Å². The Labute approximate surface area is 143 Å². The first kappa shape index (κ1) is 16.6. The first-order valence-electron chi connectivity index (χ1n) is 8.31. The lowest BCUT2D eigenvalue weighted by atomic mass is 10.1. The molecule has 1 atom stereocenters. The standard InChI is InChI=1S/C19H24N4O/c1-14-6-3-4-7-16(14)12-22-10-11-23(18(20)13-22)19(24)17-8-5-9-21-15(17)2/h3-9,18H,10-13,20H2,1-2H3. The molecule has 1 saturated heterocycles. The minimum absolute atomic E-state index is 0.0244. The summed E-state index contributed by atoms with van der Waals surface area (Å²) < 4.78 is 0. The Morgan fingerprint density at radius 3 is 2.71 bits per heavy atom. The van der Waals surface area contributed by atoms with Gasteiger partial charge in [-0.25, -0.2) is 0 Å². The van der Waals surface area contributed by atoms with Crippen molar-refractivity contribution in [1.82, 2.24) is 14.8 Å². The van der Waals surface area contributed by atoms with Gasteiger partial charge in [-0.05, 0) is 37.1 Å². The van der Waals surface area contributed by atoms with Crippen LogP contribution in [0.5, 0.6) is 0 Å². The Morgan fingerprint density at radius 2 is 2.00 bits per heavy atom. The summed E-state index contributed by atoms with van der Waals surface area (Å²) in [7, 11) is 0. The lowest BCUT2D eigenvalue weighted by molar-refractivity contribution is 0.0450. The summed E-state index contributed by atoms with van der Waals surface area (Å²) >= 11 is 0. The first-order chi connectivity index (χ1) is 11.6. The molecule has 0 radical (unpaired) electrons. The molecular weight excluding hydrogens is 300 g/mol. The molecule has 1 unspecified atom stereocenters. The van der Waals surface area contributed by atoms with Crippen LogP contribution in [0.4, 0.5) is 0 Å². The van der Waals surface area contributed by atoms with E-state index in [9.17, 15) is 4.79 Å². The maximum Gasteiger partial charge on any atom is 0.257 e. The van der Waals surface area contributed by atoms with Gasteiger partial charge >= 0.3 is 0 Å². The zero-order chi connectivity index (χ0) is 17.1. The van der Waals surface area contributed by atoms with Crippen LogP contribution < -0.4 is 5.73 Å². The Bertz CT molecular complexity index is 731. The molecule has 2 N–H and O–H groups in total. The third-order valence-corrected chi connectivity index (χ3v) is 4.66. The third kappa shape index (κ3) is 3.47. The van der Waals surface area contributed by atoms with E-state index < -0.39 is 0 Å². The molecule has 0 aliphatic carbocycles. The molecule has 1 aliphatic rings. The topological polar surface area (TPSA) is 62.5 Å². The molecule has 1 aromatic heterocycles. The average molecular weight is 324 g/mol. The molecule has 24 heavy (non-hydrogen) atoms. The molecule has 0 bridgehead atoms. The molecule has 0 spiro atoms. The highest BCUT2D eigenvalue weighted by atomic mass is 16.2. The zero-order valence-corrected chi connectivity index (χ0v) is 14.3. The van der Waals surface area contributed by atoms with Crippen LogP contribution >= 0.6 is 0 Å². The molecular formula is C19H24N4O. The number of hydrogen-bond donors (Lipinski definition) is 1. The van der Waals surface area contributed by atoms with Crippen LogP contribution in [0.25, 0.3) is 0 Å². The summed E-state index contributed by atoms with van der Waals surface area (Å²) in [6, 6.07) is 12.0. The second-order valence-corrected chi connectivity index (χ2v) is 6.36. The van der Waals surface area contributed by atoms with Crippen LogP contribution in [-0.2, 0) is 6.54 Å². The molecule has 2 aromatic rings. The van der Waals surface area contributed by atoms with Gasteiger partial charge in [-0.15, -0.1) is 0 Å². The largest absolute Gasteiger partial charge is 0.321 e.